The molecule has 3 saturated carbocycles. The van der Waals surface area contributed by atoms with E-state index >= 15 is 0 Å². The Labute approximate surface area is 218 Å². The number of unbranched alkanes of at least 4 members (excludes halogenated alkanes) is 1. The number of hydrogen-bond acceptors (Lipinski definition) is 4. The normalized spacial score (nSPS) is 42.2. The first-order valence-corrected chi connectivity index (χ1v) is 14.4. The average molecular weight is 497 g/mol. The summed E-state index contributed by atoms with van der Waals surface area (Å²) in [7, 11) is 0. The summed E-state index contributed by atoms with van der Waals surface area (Å²) in [6.45, 7) is 17.1. The minimum Gasteiger partial charge on any atom is -0.458 e. The summed E-state index contributed by atoms with van der Waals surface area (Å²) < 4.78 is 5.84. The lowest BCUT2D eigenvalue weighted by Crippen LogP contribution is -2.37. The highest BCUT2D eigenvalue weighted by Crippen LogP contribution is 2.60. The Morgan fingerprint density at radius 3 is 2.67 bits per heavy atom. The van der Waals surface area contributed by atoms with E-state index in [1.54, 1.807) is 0 Å². The fourth-order valence-electron chi connectivity index (χ4n) is 8.06. The first kappa shape index (κ1) is 27.4. The van der Waals surface area contributed by atoms with E-state index in [9.17, 15) is 15.0 Å². The first-order valence-electron chi connectivity index (χ1n) is 14.4. The minimum atomic E-state index is -0.673. The van der Waals surface area contributed by atoms with E-state index in [1.165, 1.54) is 31.3 Å². The van der Waals surface area contributed by atoms with Crippen molar-refractivity contribution in [2.75, 3.05) is 0 Å². The van der Waals surface area contributed by atoms with Crippen LogP contribution in [0, 0.1) is 35.0 Å². The zero-order chi connectivity index (χ0) is 26.2. The predicted octanol–water partition coefficient (Wildman–Crippen LogP) is 6.69. The van der Waals surface area contributed by atoms with Crippen molar-refractivity contribution in [1.29, 1.82) is 0 Å². The topological polar surface area (TPSA) is 66.8 Å². The molecule has 36 heavy (non-hydrogen) atoms. The molecule has 3 aliphatic carbocycles. The van der Waals surface area contributed by atoms with Gasteiger partial charge in [-0.1, -0.05) is 71.4 Å². The molecule has 200 valence electrons. The van der Waals surface area contributed by atoms with Crippen LogP contribution in [0.15, 0.2) is 47.6 Å². The van der Waals surface area contributed by atoms with Crippen molar-refractivity contribution in [3.63, 3.8) is 0 Å². The van der Waals surface area contributed by atoms with E-state index in [-0.39, 0.29) is 29.3 Å². The van der Waals surface area contributed by atoms with Crippen LogP contribution in [0.1, 0.15) is 91.9 Å². The van der Waals surface area contributed by atoms with Gasteiger partial charge in [0.2, 0.25) is 0 Å². The van der Waals surface area contributed by atoms with Gasteiger partial charge in [0.05, 0.1) is 12.2 Å². The van der Waals surface area contributed by atoms with Crippen LogP contribution in [0.4, 0.5) is 0 Å². The number of hydrogen-bond donors (Lipinski definition) is 2. The van der Waals surface area contributed by atoms with Gasteiger partial charge in [0.1, 0.15) is 6.10 Å². The quantitative estimate of drug-likeness (QED) is 0.304. The van der Waals surface area contributed by atoms with E-state index in [0.29, 0.717) is 29.7 Å². The van der Waals surface area contributed by atoms with Gasteiger partial charge in [-0.15, -0.1) is 0 Å². The zero-order valence-corrected chi connectivity index (χ0v) is 23.0. The van der Waals surface area contributed by atoms with Crippen LogP contribution in [0.2, 0.25) is 0 Å². The monoisotopic (exact) mass is 496 g/mol. The van der Waals surface area contributed by atoms with Gasteiger partial charge in [-0.25, -0.2) is 4.79 Å². The third-order valence-electron chi connectivity index (χ3n) is 10.4. The molecule has 4 fully saturated rings. The molecule has 0 aromatic heterocycles. The Morgan fingerprint density at radius 1 is 1.19 bits per heavy atom. The summed E-state index contributed by atoms with van der Waals surface area (Å²) in [5, 5.41) is 20.8. The fraction of sp³-hybridized carbons (Fsp3) is 0.719. The number of aliphatic hydroxyl groups is 2. The second-order valence-corrected chi connectivity index (χ2v) is 12.6. The van der Waals surface area contributed by atoms with Crippen LogP contribution in [-0.4, -0.2) is 34.5 Å². The Balaban J connectivity index is 1.47. The molecule has 0 amide bonds. The highest BCUT2D eigenvalue weighted by atomic mass is 16.6. The van der Waals surface area contributed by atoms with Crippen LogP contribution in [0.3, 0.4) is 0 Å². The summed E-state index contributed by atoms with van der Waals surface area (Å²) in [4.78, 5) is 12.3. The summed E-state index contributed by atoms with van der Waals surface area (Å²) in [6.07, 6.45) is 13.9. The Kier molecular flexibility index (Phi) is 8.36. The highest BCUT2D eigenvalue weighted by Gasteiger charge is 2.51. The number of rotatable bonds is 7. The highest BCUT2D eigenvalue weighted by molar-refractivity contribution is 5.90. The number of carbonyl (C=O) groups excluding carboxylic acids is 1. The number of ether oxygens (including phenoxy) is 1. The van der Waals surface area contributed by atoms with Crippen LogP contribution in [-0.2, 0) is 9.53 Å². The maximum Gasteiger partial charge on any atom is 0.334 e. The van der Waals surface area contributed by atoms with Crippen molar-refractivity contribution in [3.05, 3.63) is 47.6 Å². The van der Waals surface area contributed by atoms with Crippen molar-refractivity contribution in [2.45, 2.75) is 110 Å². The Morgan fingerprint density at radius 2 is 1.94 bits per heavy atom. The second kappa shape index (κ2) is 11.0. The van der Waals surface area contributed by atoms with Gasteiger partial charge < -0.3 is 14.9 Å². The van der Waals surface area contributed by atoms with Crippen molar-refractivity contribution in [1.82, 2.24) is 0 Å². The van der Waals surface area contributed by atoms with Crippen LogP contribution in [0.25, 0.3) is 0 Å². The molecule has 4 aliphatic rings. The molecular weight excluding hydrogens is 448 g/mol. The van der Waals surface area contributed by atoms with Crippen molar-refractivity contribution < 1.29 is 19.7 Å². The lowest BCUT2D eigenvalue weighted by atomic mass is 9.60. The van der Waals surface area contributed by atoms with E-state index in [2.05, 4.69) is 46.1 Å². The van der Waals surface area contributed by atoms with Crippen molar-refractivity contribution in [2.24, 2.45) is 35.0 Å². The van der Waals surface area contributed by atoms with E-state index in [0.717, 1.165) is 43.3 Å². The molecule has 4 rings (SSSR count). The van der Waals surface area contributed by atoms with E-state index < -0.39 is 12.2 Å². The summed E-state index contributed by atoms with van der Waals surface area (Å²) in [5.41, 5.74) is 4.20. The second-order valence-electron chi connectivity index (χ2n) is 12.6. The van der Waals surface area contributed by atoms with Crippen LogP contribution in [0.5, 0.6) is 0 Å². The molecule has 0 spiro atoms. The largest absolute Gasteiger partial charge is 0.458 e. The number of cyclic esters (lactones) is 1. The minimum absolute atomic E-state index is 0.0184. The van der Waals surface area contributed by atoms with Gasteiger partial charge >= 0.3 is 5.97 Å². The van der Waals surface area contributed by atoms with Crippen LogP contribution < -0.4 is 0 Å². The summed E-state index contributed by atoms with van der Waals surface area (Å²) in [6, 6.07) is 0. The summed E-state index contributed by atoms with van der Waals surface area (Å²) in [5.74, 6) is 1.50. The van der Waals surface area contributed by atoms with Crippen molar-refractivity contribution in [3.8, 4) is 0 Å². The van der Waals surface area contributed by atoms with Crippen LogP contribution >= 0.6 is 0 Å². The Hall–Kier alpha value is -1.65. The molecule has 1 heterocycles. The smallest absolute Gasteiger partial charge is 0.334 e. The standard InChI is InChI=1S/C32H48O4/c1-7-8-11-25-21(4)31(35)36-29(25)17-19(2)26-14-15-27-23(10-9-16-32(26,27)6)12-13-24-18-28(33)22(5)30(34)20(24)3/h12-13,19,22,25-30,33-34H,3-4,7-11,14-18H2,1-2,5-6H3/t19-,22+,25+,26-,27+,28-,29+,30-,32-/m1/s1. The van der Waals surface area contributed by atoms with Gasteiger partial charge in [0.25, 0.3) is 0 Å². The fourth-order valence-corrected chi connectivity index (χ4v) is 8.06. The van der Waals surface area contributed by atoms with Gasteiger partial charge in [-0.3, -0.25) is 0 Å². The van der Waals surface area contributed by atoms with Gasteiger partial charge in [-0.2, -0.15) is 0 Å². The zero-order valence-electron chi connectivity index (χ0n) is 23.0. The van der Waals surface area contributed by atoms with E-state index in [1.807, 2.05) is 6.92 Å². The summed E-state index contributed by atoms with van der Waals surface area (Å²) >= 11 is 0. The van der Waals surface area contributed by atoms with Gasteiger partial charge in [0.15, 0.2) is 0 Å². The molecule has 0 aromatic rings. The lowest BCUT2D eigenvalue weighted by molar-refractivity contribution is -0.140. The molecule has 0 unspecified atom stereocenters. The molecule has 0 bridgehead atoms. The molecule has 1 aliphatic heterocycles. The SMILES string of the molecule is C=C1C(=CC=C2CCC[C@]3(C)[C@@H]([C@H](C)C[C@@H]4OC(=O)C(=C)[C@@H]4CCCC)CC[C@@H]23)C[C@@H](O)[C@H](C)[C@@H]1O. The van der Waals surface area contributed by atoms with Gasteiger partial charge in [0, 0.05) is 17.4 Å². The first-order chi connectivity index (χ1) is 17.1. The molecule has 9 atom stereocenters. The molecule has 2 N–H and O–H groups in total. The Bertz CT molecular complexity index is 928. The maximum absolute atomic E-state index is 12.3. The number of fused-ring (bicyclic) bond motifs is 1. The number of allylic oxidation sites excluding steroid dienone is 3. The number of aliphatic hydroxyl groups excluding tert-OH is 2. The number of carbonyl (C=O) groups is 1. The molecule has 4 nitrogen and oxygen atoms in total. The lowest BCUT2D eigenvalue weighted by Gasteiger charge is -2.45. The van der Waals surface area contributed by atoms with Crippen molar-refractivity contribution >= 4 is 5.97 Å². The molecular formula is C32H48O4. The predicted molar refractivity (Wildman–Crippen MR) is 145 cm³/mol. The molecule has 4 heteroatoms. The third-order valence-corrected chi connectivity index (χ3v) is 10.4. The molecule has 0 radical (unpaired) electrons. The third kappa shape index (κ3) is 5.05. The average Bonchev–Trinajstić information content (AvgIpc) is 3.33. The number of esters is 1. The van der Waals surface area contributed by atoms with E-state index in [4.69, 9.17) is 4.74 Å². The maximum atomic E-state index is 12.3. The van der Waals surface area contributed by atoms with Gasteiger partial charge in [-0.05, 0) is 85.7 Å². The molecule has 0 aromatic carbocycles. The molecule has 1 saturated heterocycles.